The Morgan fingerprint density at radius 3 is 1.00 bits per heavy atom. The zero-order chi connectivity index (χ0) is 20.0. The fraction of sp³-hybridized carbons (Fsp3) is 0.111. The summed E-state index contributed by atoms with van der Waals surface area (Å²) in [6, 6.07) is 43.0. The van der Waals surface area contributed by atoms with E-state index in [4.69, 9.17) is 11.2 Å². The first-order valence-corrected chi connectivity index (χ1v) is 13.7. The standard InChI is InChI=1S/C27H26ClP/c28-29(27-19-11-4-12-20-27,21-24-13-5-1-6-14-24,22-25-15-7-2-8-16-25)23-26-17-9-3-10-18-26/h1-20H,21-23H2. The molecule has 0 aromatic heterocycles. The van der Waals surface area contributed by atoms with Gasteiger partial charge in [-0.25, -0.2) is 0 Å². The molecular weight excluding hydrogens is 391 g/mol. The molecule has 29 heavy (non-hydrogen) atoms. The Morgan fingerprint density at radius 1 is 0.414 bits per heavy atom. The van der Waals surface area contributed by atoms with Crippen molar-refractivity contribution in [3.05, 3.63) is 138 Å². The summed E-state index contributed by atoms with van der Waals surface area (Å²) in [6.45, 7) is 0. The number of benzene rings is 4. The summed E-state index contributed by atoms with van der Waals surface area (Å²) >= 11 is 8.06. The van der Waals surface area contributed by atoms with Crippen LogP contribution in [0.2, 0.25) is 0 Å². The molecule has 0 saturated carbocycles. The van der Waals surface area contributed by atoms with Gasteiger partial charge in [-0.2, -0.15) is 0 Å². The number of halogens is 1. The van der Waals surface area contributed by atoms with E-state index >= 15 is 0 Å². The van der Waals surface area contributed by atoms with Gasteiger partial charge in [0.05, 0.1) is 0 Å². The van der Waals surface area contributed by atoms with E-state index < -0.39 is 5.96 Å². The van der Waals surface area contributed by atoms with E-state index in [1.54, 1.807) is 0 Å². The summed E-state index contributed by atoms with van der Waals surface area (Å²) in [5.74, 6) is -2.93. The summed E-state index contributed by atoms with van der Waals surface area (Å²) in [6.07, 6.45) is 2.63. The van der Waals surface area contributed by atoms with Crippen LogP contribution in [0.15, 0.2) is 121 Å². The number of rotatable bonds is 7. The average Bonchev–Trinajstić information content (AvgIpc) is 2.76. The Morgan fingerprint density at radius 2 is 0.690 bits per heavy atom. The molecule has 4 rings (SSSR count). The van der Waals surface area contributed by atoms with Crippen LogP contribution >= 0.6 is 17.2 Å². The molecule has 0 unspecified atom stereocenters. The van der Waals surface area contributed by atoms with Crippen LogP contribution in [-0.4, -0.2) is 0 Å². The van der Waals surface area contributed by atoms with Crippen LogP contribution in [-0.2, 0) is 18.5 Å². The second kappa shape index (κ2) is 8.54. The monoisotopic (exact) mass is 416 g/mol. The van der Waals surface area contributed by atoms with Crippen molar-refractivity contribution in [3.63, 3.8) is 0 Å². The van der Waals surface area contributed by atoms with E-state index in [0.29, 0.717) is 0 Å². The first-order valence-electron chi connectivity index (χ1n) is 10.0. The maximum absolute atomic E-state index is 8.06. The molecule has 0 spiro atoms. The van der Waals surface area contributed by atoms with E-state index in [9.17, 15) is 0 Å². The van der Waals surface area contributed by atoms with E-state index in [1.165, 1.54) is 22.0 Å². The summed E-state index contributed by atoms with van der Waals surface area (Å²) in [5.41, 5.74) is 3.91. The van der Waals surface area contributed by atoms with Crippen LogP contribution in [0.3, 0.4) is 0 Å². The van der Waals surface area contributed by atoms with Gasteiger partial charge in [0.2, 0.25) is 0 Å². The molecule has 0 radical (unpaired) electrons. The van der Waals surface area contributed by atoms with E-state index in [-0.39, 0.29) is 0 Å². The third kappa shape index (κ3) is 4.61. The quantitative estimate of drug-likeness (QED) is 0.272. The second-order valence-corrected chi connectivity index (χ2v) is 15.2. The fourth-order valence-electron chi connectivity index (χ4n) is 4.25. The van der Waals surface area contributed by atoms with Gasteiger partial charge in [-0.3, -0.25) is 0 Å². The summed E-state index contributed by atoms with van der Waals surface area (Å²) < 4.78 is 0. The Kier molecular flexibility index (Phi) is 5.86. The molecule has 146 valence electrons. The van der Waals surface area contributed by atoms with Gasteiger partial charge in [0.1, 0.15) is 0 Å². The summed E-state index contributed by atoms with van der Waals surface area (Å²) in [5, 5.41) is 1.29. The van der Waals surface area contributed by atoms with Gasteiger partial charge in [-0.1, -0.05) is 0 Å². The molecule has 0 amide bonds. The van der Waals surface area contributed by atoms with Crippen LogP contribution in [0.5, 0.6) is 0 Å². The van der Waals surface area contributed by atoms with Gasteiger partial charge in [0.15, 0.2) is 0 Å². The normalized spacial score (nSPS) is 12.8. The molecule has 0 fully saturated rings. The number of hydrogen-bond acceptors (Lipinski definition) is 0. The predicted octanol–water partition coefficient (Wildman–Crippen LogP) is 7.62. The number of hydrogen-bond donors (Lipinski definition) is 0. The van der Waals surface area contributed by atoms with Crippen molar-refractivity contribution >= 4 is 22.5 Å². The van der Waals surface area contributed by atoms with Crippen LogP contribution in [0.1, 0.15) is 16.7 Å². The van der Waals surface area contributed by atoms with Crippen LogP contribution in [0.25, 0.3) is 0 Å². The fourth-order valence-corrected chi connectivity index (χ4v) is 10.8. The Labute approximate surface area is 178 Å². The molecule has 0 aliphatic rings. The van der Waals surface area contributed by atoms with Crippen molar-refractivity contribution in [1.29, 1.82) is 0 Å². The van der Waals surface area contributed by atoms with Gasteiger partial charge in [-0.05, 0) is 0 Å². The molecule has 0 aliphatic heterocycles. The molecular formula is C27H26ClP. The summed E-state index contributed by atoms with van der Waals surface area (Å²) in [7, 11) is 0. The predicted molar refractivity (Wildman–Crippen MR) is 129 cm³/mol. The summed E-state index contributed by atoms with van der Waals surface area (Å²) in [4.78, 5) is 0. The molecule has 0 aliphatic carbocycles. The van der Waals surface area contributed by atoms with Crippen LogP contribution in [0, 0.1) is 0 Å². The Bertz CT molecular complexity index is 927. The molecule has 0 bridgehead atoms. The van der Waals surface area contributed by atoms with Gasteiger partial charge in [0.25, 0.3) is 0 Å². The Hall–Kier alpha value is -2.40. The van der Waals surface area contributed by atoms with Crippen molar-refractivity contribution in [1.82, 2.24) is 0 Å². The topological polar surface area (TPSA) is 0 Å². The van der Waals surface area contributed by atoms with E-state index in [1.807, 2.05) is 0 Å². The van der Waals surface area contributed by atoms with E-state index in [0.717, 1.165) is 18.5 Å². The molecule has 0 N–H and O–H groups in total. The SMILES string of the molecule is ClP(Cc1ccccc1)(Cc1ccccc1)(Cc1ccccc1)c1ccccc1. The third-order valence-electron chi connectivity index (χ3n) is 5.56. The van der Waals surface area contributed by atoms with Crippen molar-refractivity contribution in [2.24, 2.45) is 0 Å². The second-order valence-electron chi connectivity index (χ2n) is 7.85. The van der Waals surface area contributed by atoms with Crippen LogP contribution in [0.4, 0.5) is 0 Å². The molecule has 4 aromatic carbocycles. The third-order valence-corrected chi connectivity index (χ3v) is 12.1. The van der Waals surface area contributed by atoms with Crippen LogP contribution < -0.4 is 5.30 Å². The zero-order valence-electron chi connectivity index (χ0n) is 16.5. The van der Waals surface area contributed by atoms with Crippen molar-refractivity contribution in [3.8, 4) is 0 Å². The Balaban J connectivity index is 1.90. The molecule has 2 heteroatoms. The molecule has 0 nitrogen and oxygen atoms in total. The maximum atomic E-state index is 8.06. The molecule has 0 heterocycles. The zero-order valence-corrected chi connectivity index (χ0v) is 18.1. The first kappa shape index (κ1) is 19.9. The van der Waals surface area contributed by atoms with Crippen molar-refractivity contribution in [2.75, 3.05) is 0 Å². The minimum atomic E-state index is -2.93. The van der Waals surface area contributed by atoms with Crippen molar-refractivity contribution in [2.45, 2.75) is 18.5 Å². The minimum absolute atomic E-state index is 0.877. The van der Waals surface area contributed by atoms with Gasteiger partial charge < -0.3 is 0 Å². The van der Waals surface area contributed by atoms with E-state index in [2.05, 4.69) is 121 Å². The van der Waals surface area contributed by atoms with Gasteiger partial charge >= 0.3 is 179 Å². The average molecular weight is 417 g/mol. The molecule has 4 aromatic rings. The molecule has 0 saturated heterocycles. The molecule has 0 atom stereocenters. The van der Waals surface area contributed by atoms with Crippen molar-refractivity contribution < 1.29 is 0 Å². The van der Waals surface area contributed by atoms with Gasteiger partial charge in [0, 0.05) is 0 Å². The van der Waals surface area contributed by atoms with Gasteiger partial charge in [-0.15, -0.1) is 0 Å². The first-order chi connectivity index (χ1) is 14.1.